The molecule has 0 spiro atoms. The van der Waals surface area contributed by atoms with Crippen molar-refractivity contribution in [2.75, 3.05) is 14.2 Å². The molecule has 0 aliphatic heterocycles. The average Bonchev–Trinajstić information content (AvgIpc) is 2.30. The monoisotopic (exact) mass is 228 g/mol. The van der Waals surface area contributed by atoms with Gasteiger partial charge in [0.1, 0.15) is 5.82 Å². The van der Waals surface area contributed by atoms with Gasteiger partial charge in [0.2, 0.25) is 0 Å². The van der Waals surface area contributed by atoms with Gasteiger partial charge in [-0.15, -0.1) is 0 Å². The van der Waals surface area contributed by atoms with E-state index < -0.39 is 17.9 Å². The Hall–Kier alpha value is -1.46. The van der Waals surface area contributed by atoms with E-state index in [4.69, 9.17) is 4.74 Å². The molecule has 5 heteroatoms. The second kappa shape index (κ2) is 5.58. The molecule has 0 fully saturated rings. The summed E-state index contributed by atoms with van der Waals surface area (Å²) in [6, 6.07) is 4.39. The highest BCUT2D eigenvalue weighted by atomic mass is 19.1. The lowest BCUT2D eigenvalue weighted by Crippen LogP contribution is -2.15. The van der Waals surface area contributed by atoms with Crippen LogP contribution in [-0.2, 0) is 20.9 Å². The van der Waals surface area contributed by atoms with Gasteiger partial charge in [-0.25, -0.2) is 9.18 Å². The number of ether oxygens (including phenoxy) is 2. The average molecular weight is 228 g/mol. The predicted octanol–water partition coefficient (Wildman–Crippen LogP) is 1.18. The van der Waals surface area contributed by atoms with E-state index in [1.165, 1.54) is 19.2 Å². The van der Waals surface area contributed by atoms with Crippen LogP contribution < -0.4 is 0 Å². The van der Waals surface area contributed by atoms with Crippen LogP contribution in [0.15, 0.2) is 18.2 Å². The minimum atomic E-state index is -1.61. The van der Waals surface area contributed by atoms with Crippen LogP contribution in [0.25, 0.3) is 0 Å². The summed E-state index contributed by atoms with van der Waals surface area (Å²) < 4.78 is 22.9. The van der Waals surface area contributed by atoms with Gasteiger partial charge in [-0.2, -0.15) is 0 Å². The summed E-state index contributed by atoms with van der Waals surface area (Å²) in [5.74, 6) is -1.55. The number of carbonyl (C=O) groups excluding carboxylic acids is 1. The van der Waals surface area contributed by atoms with Gasteiger partial charge in [-0.3, -0.25) is 0 Å². The molecule has 88 valence electrons. The van der Waals surface area contributed by atoms with Gasteiger partial charge in [0.05, 0.1) is 13.7 Å². The standard InChI is InChI=1S/C11H13FO4/c1-15-6-7-4-3-5-8(9(7)12)10(13)11(14)16-2/h3-5,10,13H,6H2,1-2H3. The van der Waals surface area contributed by atoms with E-state index in [0.29, 0.717) is 0 Å². The number of methoxy groups -OCH3 is 2. The molecule has 0 bridgehead atoms. The number of carbonyl (C=O) groups is 1. The summed E-state index contributed by atoms with van der Waals surface area (Å²) in [5.41, 5.74) is 0.171. The SMILES string of the molecule is COCc1cccc(C(O)C(=O)OC)c1F. The molecular weight excluding hydrogens is 215 g/mol. The van der Waals surface area contributed by atoms with Crippen molar-refractivity contribution in [2.24, 2.45) is 0 Å². The fourth-order valence-corrected chi connectivity index (χ4v) is 1.32. The van der Waals surface area contributed by atoms with Crippen LogP contribution in [0.5, 0.6) is 0 Å². The Morgan fingerprint density at radius 3 is 2.75 bits per heavy atom. The maximum absolute atomic E-state index is 13.8. The zero-order valence-corrected chi connectivity index (χ0v) is 9.07. The van der Waals surface area contributed by atoms with Crippen molar-refractivity contribution >= 4 is 5.97 Å². The molecular formula is C11H13FO4. The Labute approximate surface area is 92.6 Å². The number of aliphatic hydroxyl groups is 1. The summed E-state index contributed by atoms with van der Waals surface area (Å²) in [6.07, 6.45) is -1.61. The second-order valence-electron chi connectivity index (χ2n) is 3.18. The quantitative estimate of drug-likeness (QED) is 0.786. The van der Waals surface area contributed by atoms with Crippen molar-refractivity contribution in [2.45, 2.75) is 12.7 Å². The Morgan fingerprint density at radius 2 is 2.19 bits per heavy atom. The lowest BCUT2D eigenvalue weighted by molar-refractivity contribution is -0.150. The molecule has 0 saturated carbocycles. The first-order chi connectivity index (χ1) is 7.61. The topological polar surface area (TPSA) is 55.8 Å². The summed E-state index contributed by atoms with van der Waals surface area (Å²) in [6.45, 7) is 0.0770. The van der Waals surface area contributed by atoms with Gasteiger partial charge in [0.15, 0.2) is 6.10 Å². The molecule has 0 aromatic heterocycles. The van der Waals surface area contributed by atoms with Gasteiger partial charge in [-0.1, -0.05) is 18.2 Å². The second-order valence-corrected chi connectivity index (χ2v) is 3.18. The molecule has 1 aromatic carbocycles. The van der Waals surface area contributed by atoms with Crippen molar-refractivity contribution in [3.63, 3.8) is 0 Å². The lowest BCUT2D eigenvalue weighted by Gasteiger charge is -2.11. The summed E-state index contributed by atoms with van der Waals surface area (Å²) in [5, 5.41) is 9.51. The van der Waals surface area contributed by atoms with Gasteiger partial charge in [0.25, 0.3) is 0 Å². The third kappa shape index (κ3) is 2.56. The molecule has 0 radical (unpaired) electrons. The number of benzene rings is 1. The molecule has 4 nitrogen and oxygen atoms in total. The molecule has 0 saturated heterocycles. The number of hydrogen-bond acceptors (Lipinski definition) is 4. The molecule has 0 aliphatic carbocycles. The molecule has 16 heavy (non-hydrogen) atoms. The van der Waals surface area contributed by atoms with Crippen molar-refractivity contribution in [3.8, 4) is 0 Å². The van der Waals surface area contributed by atoms with Crippen molar-refractivity contribution in [1.29, 1.82) is 0 Å². The van der Waals surface area contributed by atoms with Gasteiger partial charge in [-0.05, 0) is 0 Å². The van der Waals surface area contributed by atoms with Gasteiger partial charge in [0, 0.05) is 18.2 Å². The molecule has 1 rings (SSSR count). The normalized spacial score (nSPS) is 12.2. The Bertz CT molecular complexity index is 378. The van der Waals surface area contributed by atoms with Crippen LogP contribution in [0.1, 0.15) is 17.2 Å². The lowest BCUT2D eigenvalue weighted by atomic mass is 10.1. The minimum absolute atomic E-state index is 0.0770. The molecule has 1 aromatic rings. The fraction of sp³-hybridized carbons (Fsp3) is 0.364. The van der Waals surface area contributed by atoms with Gasteiger partial charge >= 0.3 is 5.97 Å². The van der Waals surface area contributed by atoms with Crippen molar-refractivity contribution in [3.05, 3.63) is 35.1 Å². The maximum Gasteiger partial charge on any atom is 0.339 e. The van der Waals surface area contributed by atoms with E-state index in [-0.39, 0.29) is 17.7 Å². The van der Waals surface area contributed by atoms with E-state index >= 15 is 0 Å². The third-order valence-electron chi connectivity index (χ3n) is 2.13. The number of esters is 1. The fourth-order valence-electron chi connectivity index (χ4n) is 1.32. The first kappa shape index (κ1) is 12.6. The summed E-state index contributed by atoms with van der Waals surface area (Å²) in [4.78, 5) is 11.1. The molecule has 0 amide bonds. The van der Waals surface area contributed by atoms with Crippen LogP contribution in [0, 0.1) is 5.82 Å². The van der Waals surface area contributed by atoms with Gasteiger partial charge < -0.3 is 14.6 Å². The minimum Gasteiger partial charge on any atom is -0.467 e. The first-order valence-electron chi connectivity index (χ1n) is 4.64. The van der Waals surface area contributed by atoms with Crippen LogP contribution in [-0.4, -0.2) is 25.3 Å². The zero-order chi connectivity index (χ0) is 12.1. The van der Waals surface area contributed by atoms with Crippen LogP contribution >= 0.6 is 0 Å². The molecule has 0 heterocycles. The molecule has 1 unspecified atom stereocenters. The summed E-state index contributed by atoms with van der Waals surface area (Å²) in [7, 11) is 2.56. The number of halogens is 1. The van der Waals surface area contributed by atoms with E-state index in [9.17, 15) is 14.3 Å². The number of hydrogen-bond donors (Lipinski definition) is 1. The van der Waals surface area contributed by atoms with E-state index in [2.05, 4.69) is 4.74 Å². The van der Waals surface area contributed by atoms with Crippen molar-refractivity contribution < 1.29 is 23.8 Å². The van der Waals surface area contributed by atoms with Crippen LogP contribution in [0.3, 0.4) is 0 Å². The predicted molar refractivity (Wildman–Crippen MR) is 54.1 cm³/mol. The number of aliphatic hydroxyl groups excluding tert-OH is 1. The van der Waals surface area contributed by atoms with E-state index in [1.54, 1.807) is 6.07 Å². The molecule has 1 atom stereocenters. The van der Waals surface area contributed by atoms with Crippen LogP contribution in [0.2, 0.25) is 0 Å². The summed E-state index contributed by atoms with van der Waals surface area (Å²) >= 11 is 0. The highest BCUT2D eigenvalue weighted by Gasteiger charge is 2.22. The Morgan fingerprint density at radius 1 is 1.50 bits per heavy atom. The Balaban J connectivity index is 3.05. The van der Waals surface area contributed by atoms with Crippen LogP contribution in [0.4, 0.5) is 4.39 Å². The largest absolute Gasteiger partial charge is 0.467 e. The van der Waals surface area contributed by atoms with Crippen molar-refractivity contribution in [1.82, 2.24) is 0 Å². The molecule has 1 N–H and O–H groups in total. The maximum atomic E-state index is 13.8. The highest BCUT2D eigenvalue weighted by molar-refractivity contribution is 5.76. The number of rotatable bonds is 4. The third-order valence-corrected chi connectivity index (χ3v) is 2.13. The first-order valence-corrected chi connectivity index (χ1v) is 4.64. The molecule has 0 aliphatic rings. The highest BCUT2D eigenvalue weighted by Crippen LogP contribution is 2.21. The zero-order valence-electron chi connectivity index (χ0n) is 9.07. The van der Waals surface area contributed by atoms with E-state index in [1.807, 2.05) is 0 Å². The van der Waals surface area contributed by atoms with E-state index in [0.717, 1.165) is 7.11 Å². The smallest absolute Gasteiger partial charge is 0.339 e. The Kier molecular flexibility index (Phi) is 4.39.